The van der Waals surface area contributed by atoms with Crippen molar-refractivity contribution in [2.75, 3.05) is 13.1 Å². The van der Waals surface area contributed by atoms with E-state index in [-0.39, 0.29) is 12.1 Å². The first kappa shape index (κ1) is 29.8. The van der Waals surface area contributed by atoms with Gasteiger partial charge in [-0.3, -0.25) is 4.79 Å². The van der Waals surface area contributed by atoms with Crippen molar-refractivity contribution < 1.29 is 28.3 Å². The van der Waals surface area contributed by atoms with Crippen LogP contribution in [0.3, 0.4) is 0 Å². The highest BCUT2D eigenvalue weighted by molar-refractivity contribution is 5.86. The van der Waals surface area contributed by atoms with Crippen molar-refractivity contribution in [1.29, 1.82) is 0 Å². The van der Waals surface area contributed by atoms with Crippen LogP contribution in [0.1, 0.15) is 102 Å². The molecular weight excluding hydrogens is 514 g/mol. The van der Waals surface area contributed by atoms with Gasteiger partial charge in [0.1, 0.15) is 6.10 Å². The van der Waals surface area contributed by atoms with Crippen LogP contribution in [0.15, 0.2) is 60.7 Å². The number of ether oxygens (including phenoxy) is 3. The Kier molecular flexibility index (Phi) is 9.82. The van der Waals surface area contributed by atoms with E-state index in [1.165, 1.54) is 49.7 Å². The smallest absolute Gasteiger partial charge is 0.348 e. The second kappa shape index (κ2) is 13.5. The fraction of sp³-hybridized carbons (Fsp3) is 0.600. The Morgan fingerprint density at radius 2 is 1.41 bits per heavy atom. The Hall–Kier alpha value is -2.70. The van der Waals surface area contributed by atoms with Crippen LogP contribution in [0.2, 0.25) is 0 Å². The summed E-state index contributed by atoms with van der Waals surface area (Å²) in [7, 11) is 0. The molecule has 6 nitrogen and oxygen atoms in total. The van der Waals surface area contributed by atoms with Crippen molar-refractivity contribution in [3.8, 4) is 0 Å². The van der Waals surface area contributed by atoms with E-state index >= 15 is 0 Å². The lowest BCUT2D eigenvalue weighted by molar-refractivity contribution is -0.956. The van der Waals surface area contributed by atoms with Gasteiger partial charge in [-0.2, -0.15) is 0 Å². The van der Waals surface area contributed by atoms with Gasteiger partial charge in [-0.15, -0.1) is 0 Å². The summed E-state index contributed by atoms with van der Waals surface area (Å²) in [6.07, 6.45) is 11.4. The van der Waals surface area contributed by atoms with Crippen molar-refractivity contribution in [3.63, 3.8) is 0 Å². The van der Waals surface area contributed by atoms with E-state index < -0.39 is 17.9 Å². The molecule has 0 radical (unpaired) electrons. The van der Waals surface area contributed by atoms with Gasteiger partial charge in [0, 0.05) is 44.9 Å². The number of hydrogen-bond donors (Lipinski definition) is 0. The molecular formula is C35H48NO5+. The third-order valence-electron chi connectivity index (χ3n) is 9.80. The highest BCUT2D eigenvalue weighted by Gasteiger charge is 2.57. The lowest BCUT2D eigenvalue weighted by Gasteiger charge is -2.47. The SMILES string of the molecule is CCCCCCCC(=O)OC(C)OC(C(=O)OC1CC2CCC(C1)[N+]21CCCC1)(c1ccccc1)c1ccccc1. The number of esters is 2. The van der Waals surface area contributed by atoms with Crippen LogP contribution in [0.25, 0.3) is 0 Å². The van der Waals surface area contributed by atoms with Gasteiger partial charge in [0.25, 0.3) is 0 Å². The molecule has 2 bridgehead atoms. The van der Waals surface area contributed by atoms with Crippen molar-refractivity contribution in [1.82, 2.24) is 0 Å². The molecule has 0 aliphatic carbocycles. The largest absolute Gasteiger partial charge is 0.459 e. The summed E-state index contributed by atoms with van der Waals surface area (Å²) in [5, 5.41) is 0. The number of nitrogens with zero attached hydrogens (tertiary/aromatic N) is 1. The Balaban J connectivity index is 1.36. The number of carbonyl (C=O) groups excluding carboxylic acids is 2. The Labute approximate surface area is 245 Å². The molecule has 2 aromatic rings. The van der Waals surface area contributed by atoms with Crippen LogP contribution in [-0.2, 0) is 29.4 Å². The van der Waals surface area contributed by atoms with Gasteiger partial charge >= 0.3 is 11.9 Å². The molecule has 0 saturated carbocycles. The van der Waals surface area contributed by atoms with Crippen LogP contribution in [0.4, 0.5) is 0 Å². The maximum atomic E-state index is 14.5. The summed E-state index contributed by atoms with van der Waals surface area (Å²) in [5.74, 6) is -0.738. The molecule has 3 atom stereocenters. The Morgan fingerprint density at radius 1 is 0.854 bits per heavy atom. The number of benzene rings is 2. The summed E-state index contributed by atoms with van der Waals surface area (Å²) in [6, 6.07) is 20.2. The van der Waals surface area contributed by atoms with E-state index in [1.807, 2.05) is 60.7 Å². The third kappa shape index (κ3) is 6.39. The van der Waals surface area contributed by atoms with E-state index in [9.17, 15) is 9.59 Å². The molecule has 0 N–H and O–H groups in total. The van der Waals surface area contributed by atoms with Crippen LogP contribution >= 0.6 is 0 Å². The number of hydrogen-bond acceptors (Lipinski definition) is 5. The maximum Gasteiger partial charge on any atom is 0.348 e. The standard InChI is InChI=1S/C35H48NO5/c1-3-4-5-6-13-20-33(37)39-27(2)41-35(28-16-9-7-10-17-28,29-18-11-8-12-19-29)34(38)40-32-25-30-21-22-31(26-32)36(30)23-14-15-24-36/h7-12,16-19,27,30-32H,3-6,13-15,20-26H2,1-2H3/q+1. The quantitative estimate of drug-likeness (QED) is 0.113. The summed E-state index contributed by atoms with van der Waals surface area (Å²) in [5.41, 5.74) is -0.222. The molecule has 2 aromatic carbocycles. The zero-order valence-corrected chi connectivity index (χ0v) is 25.0. The molecule has 3 aliphatic heterocycles. The fourth-order valence-electron chi connectivity index (χ4n) is 7.86. The molecule has 5 rings (SSSR count). The minimum Gasteiger partial charge on any atom is -0.459 e. The van der Waals surface area contributed by atoms with Gasteiger partial charge < -0.3 is 18.7 Å². The maximum absolute atomic E-state index is 14.5. The lowest BCUT2D eigenvalue weighted by atomic mass is 9.85. The molecule has 222 valence electrons. The van der Waals surface area contributed by atoms with E-state index in [1.54, 1.807) is 6.92 Å². The minimum absolute atomic E-state index is 0.138. The molecule has 3 saturated heterocycles. The highest BCUT2D eigenvalue weighted by Crippen LogP contribution is 2.47. The average molecular weight is 563 g/mol. The number of quaternary nitrogens is 1. The lowest BCUT2D eigenvalue weighted by Crippen LogP contribution is -2.60. The minimum atomic E-state index is -1.56. The zero-order chi connectivity index (χ0) is 28.7. The van der Waals surface area contributed by atoms with Crippen molar-refractivity contribution in [2.45, 2.75) is 121 Å². The van der Waals surface area contributed by atoms with Gasteiger partial charge in [-0.25, -0.2) is 4.79 Å². The molecule has 0 aromatic heterocycles. The van der Waals surface area contributed by atoms with Crippen LogP contribution in [0.5, 0.6) is 0 Å². The summed E-state index contributed by atoms with van der Waals surface area (Å²) >= 11 is 0. The van der Waals surface area contributed by atoms with Gasteiger partial charge in [-0.05, 0) is 24.5 Å². The monoisotopic (exact) mass is 562 g/mol. The third-order valence-corrected chi connectivity index (χ3v) is 9.80. The molecule has 3 unspecified atom stereocenters. The van der Waals surface area contributed by atoms with Gasteiger partial charge in [0.05, 0.1) is 25.2 Å². The van der Waals surface area contributed by atoms with Gasteiger partial charge in [0.2, 0.25) is 11.9 Å². The van der Waals surface area contributed by atoms with Crippen molar-refractivity contribution in [3.05, 3.63) is 71.8 Å². The van der Waals surface area contributed by atoms with E-state index in [0.717, 1.165) is 38.5 Å². The second-order valence-electron chi connectivity index (χ2n) is 12.4. The van der Waals surface area contributed by atoms with E-state index in [4.69, 9.17) is 14.2 Å². The highest BCUT2D eigenvalue weighted by atomic mass is 16.7. The predicted octanol–water partition coefficient (Wildman–Crippen LogP) is 7.04. The van der Waals surface area contributed by atoms with Crippen molar-refractivity contribution >= 4 is 11.9 Å². The first-order chi connectivity index (χ1) is 20.0. The van der Waals surface area contributed by atoms with Crippen LogP contribution in [-0.4, -0.2) is 54.0 Å². The van der Waals surface area contributed by atoms with Crippen LogP contribution < -0.4 is 0 Å². The summed E-state index contributed by atoms with van der Waals surface area (Å²) < 4.78 is 20.0. The molecule has 41 heavy (non-hydrogen) atoms. The van der Waals surface area contributed by atoms with E-state index in [0.29, 0.717) is 29.6 Å². The van der Waals surface area contributed by atoms with Gasteiger partial charge in [0.15, 0.2) is 0 Å². The second-order valence-corrected chi connectivity index (χ2v) is 12.4. The first-order valence-electron chi connectivity index (χ1n) is 16.0. The summed E-state index contributed by atoms with van der Waals surface area (Å²) in [4.78, 5) is 27.2. The zero-order valence-electron chi connectivity index (χ0n) is 25.0. The van der Waals surface area contributed by atoms with Crippen LogP contribution in [0, 0.1) is 0 Å². The average Bonchev–Trinajstić information content (AvgIpc) is 3.53. The topological polar surface area (TPSA) is 61.8 Å². The predicted molar refractivity (Wildman–Crippen MR) is 159 cm³/mol. The normalized spacial score (nSPS) is 23.8. The molecule has 6 heteroatoms. The molecule has 3 aliphatic rings. The number of unbranched alkanes of at least 4 members (excludes halogenated alkanes) is 4. The van der Waals surface area contributed by atoms with Gasteiger partial charge in [-0.1, -0.05) is 93.3 Å². The van der Waals surface area contributed by atoms with E-state index in [2.05, 4.69) is 6.92 Å². The number of piperidine rings is 1. The fourth-order valence-corrected chi connectivity index (χ4v) is 7.86. The molecule has 3 fully saturated rings. The molecule has 0 amide bonds. The summed E-state index contributed by atoms with van der Waals surface area (Å²) in [6.45, 7) is 6.43. The number of rotatable bonds is 13. The Morgan fingerprint density at radius 3 is 1.98 bits per heavy atom. The Bertz CT molecular complexity index is 1070. The first-order valence-corrected chi connectivity index (χ1v) is 16.0. The molecule has 3 heterocycles. The van der Waals surface area contributed by atoms with Crippen molar-refractivity contribution in [2.24, 2.45) is 0 Å². The number of carbonyl (C=O) groups is 2. The molecule has 1 spiro atoms.